The van der Waals surface area contributed by atoms with Crippen LogP contribution in [0.25, 0.3) is 0 Å². The first-order valence-corrected chi connectivity index (χ1v) is 9.72. The second-order valence-electron chi connectivity index (χ2n) is 8.27. The monoisotopic (exact) mass is 328 g/mol. The number of likely N-dealkylation sites (tertiary alicyclic amines) is 1. The van der Waals surface area contributed by atoms with Crippen LogP contribution in [0.4, 0.5) is 5.82 Å². The van der Waals surface area contributed by atoms with Crippen molar-refractivity contribution in [2.24, 2.45) is 17.8 Å². The van der Waals surface area contributed by atoms with Crippen molar-refractivity contribution in [1.29, 1.82) is 0 Å². The zero-order valence-corrected chi connectivity index (χ0v) is 14.4. The van der Waals surface area contributed by atoms with Crippen LogP contribution in [0, 0.1) is 17.8 Å². The molecule has 0 spiro atoms. The topological polar surface area (TPSA) is 41.5 Å². The molecule has 2 unspecified atom stereocenters. The minimum Gasteiger partial charge on any atom is -0.381 e. The van der Waals surface area contributed by atoms with E-state index < -0.39 is 0 Å². The Hall–Kier alpha value is -1.20. The van der Waals surface area contributed by atoms with Crippen LogP contribution in [0.3, 0.4) is 0 Å². The molecular weight excluding hydrogens is 300 g/mol. The van der Waals surface area contributed by atoms with Crippen molar-refractivity contribution in [3.63, 3.8) is 0 Å². The summed E-state index contributed by atoms with van der Waals surface area (Å²) >= 11 is 0. The molecule has 4 fully saturated rings. The minimum absolute atomic E-state index is 0.712. The smallest absolute Gasteiger partial charge is 0.132 e. The molecule has 5 nitrogen and oxygen atoms in total. The SMILES string of the molecule is c1nc(C2CC2)cc(N2CC3CN(CC4CCOCC4)CC3C2)n1. The van der Waals surface area contributed by atoms with Crippen LogP contribution in [0.5, 0.6) is 0 Å². The van der Waals surface area contributed by atoms with E-state index in [2.05, 4.69) is 25.8 Å². The molecule has 1 aromatic rings. The van der Waals surface area contributed by atoms with Gasteiger partial charge in [-0.2, -0.15) is 0 Å². The largest absolute Gasteiger partial charge is 0.381 e. The molecule has 0 bridgehead atoms. The van der Waals surface area contributed by atoms with Crippen molar-refractivity contribution in [2.75, 3.05) is 50.8 Å². The van der Waals surface area contributed by atoms with Gasteiger partial charge in [-0.15, -0.1) is 0 Å². The lowest BCUT2D eigenvalue weighted by Crippen LogP contribution is -2.34. The summed E-state index contributed by atoms with van der Waals surface area (Å²) in [6.07, 6.45) is 6.89. The predicted molar refractivity (Wildman–Crippen MR) is 93.2 cm³/mol. The van der Waals surface area contributed by atoms with E-state index in [1.807, 2.05) is 0 Å². The van der Waals surface area contributed by atoms with E-state index in [0.29, 0.717) is 5.92 Å². The molecule has 5 heteroatoms. The Kier molecular flexibility index (Phi) is 3.94. The molecule has 0 N–H and O–H groups in total. The summed E-state index contributed by atoms with van der Waals surface area (Å²) in [5.41, 5.74) is 1.26. The second kappa shape index (κ2) is 6.26. The molecule has 2 atom stereocenters. The fourth-order valence-electron chi connectivity index (χ4n) is 4.86. The number of hydrogen-bond donors (Lipinski definition) is 0. The third-order valence-corrected chi connectivity index (χ3v) is 6.41. The van der Waals surface area contributed by atoms with Crippen LogP contribution in [-0.4, -0.2) is 60.8 Å². The lowest BCUT2D eigenvalue weighted by Gasteiger charge is -2.28. The summed E-state index contributed by atoms with van der Waals surface area (Å²) in [6, 6.07) is 2.25. The third-order valence-electron chi connectivity index (χ3n) is 6.41. The quantitative estimate of drug-likeness (QED) is 0.847. The zero-order valence-electron chi connectivity index (χ0n) is 14.4. The summed E-state index contributed by atoms with van der Waals surface area (Å²) in [5, 5.41) is 0. The van der Waals surface area contributed by atoms with E-state index in [1.54, 1.807) is 6.33 Å². The van der Waals surface area contributed by atoms with Gasteiger partial charge in [0.1, 0.15) is 12.1 Å². The molecule has 130 valence electrons. The molecular formula is C19H28N4O. The van der Waals surface area contributed by atoms with Crippen molar-refractivity contribution >= 4 is 5.82 Å². The average Bonchev–Trinajstić information content (AvgIpc) is 3.29. The Bertz CT molecular complexity index is 570. The summed E-state index contributed by atoms with van der Waals surface area (Å²) in [5.74, 6) is 4.38. The molecule has 1 aliphatic carbocycles. The molecule has 0 radical (unpaired) electrons. The van der Waals surface area contributed by atoms with Gasteiger partial charge in [0.2, 0.25) is 0 Å². The van der Waals surface area contributed by atoms with E-state index in [0.717, 1.165) is 36.8 Å². The summed E-state index contributed by atoms with van der Waals surface area (Å²) in [6.45, 7) is 8.13. The predicted octanol–water partition coefficient (Wildman–Crippen LogP) is 2.15. The van der Waals surface area contributed by atoms with E-state index in [4.69, 9.17) is 4.74 Å². The first-order valence-electron chi connectivity index (χ1n) is 9.72. The molecule has 1 saturated carbocycles. The fourth-order valence-corrected chi connectivity index (χ4v) is 4.86. The summed E-state index contributed by atoms with van der Waals surface area (Å²) in [4.78, 5) is 14.3. The highest BCUT2D eigenvalue weighted by Crippen LogP contribution is 2.40. The number of aromatic nitrogens is 2. The number of hydrogen-bond acceptors (Lipinski definition) is 5. The fraction of sp³-hybridized carbons (Fsp3) is 0.789. The Morgan fingerprint density at radius 2 is 1.71 bits per heavy atom. The number of rotatable bonds is 4. The van der Waals surface area contributed by atoms with Crippen LogP contribution < -0.4 is 4.90 Å². The Labute approximate surface area is 144 Å². The highest BCUT2D eigenvalue weighted by atomic mass is 16.5. The van der Waals surface area contributed by atoms with Gasteiger partial charge in [-0.1, -0.05) is 0 Å². The van der Waals surface area contributed by atoms with Crippen molar-refractivity contribution in [3.05, 3.63) is 18.1 Å². The first kappa shape index (κ1) is 15.1. The van der Waals surface area contributed by atoms with E-state index in [-0.39, 0.29) is 0 Å². The van der Waals surface area contributed by atoms with Gasteiger partial charge in [-0.05, 0) is 43.4 Å². The van der Waals surface area contributed by atoms with Crippen LogP contribution >= 0.6 is 0 Å². The molecule has 24 heavy (non-hydrogen) atoms. The van der Waals surface area contributed by atoms with E-state index in [1.165, 1.54) is 64.1 Å². The van der Waals surface area contributed by atoms with Crippen molar-refractivity contribution in [3.8, 4) is 0 Å². The molecule has 4 heterocycles. The van der Waals surface area contributed by atoms with Gasteiger partial charge in [-0.3, -0.25) is 0 Å². The maximum Gasteiger partial charge on any atom is 0.132 e. The van der Waals surface area contributed by atoms with Gasteiger partial charge in [0.15, 0.2) is 0 Å². The highest BCUT2D eigenvalue weighted by molar-refractivity contribution is 5.42. The molecule has 3 aliphatic heterocycles. The van der Waals surface area contributed by atoms with Crippen molar-refractivity contribution in [1.82, 2.24) is 14.9 Å². The molecule has 0 aromatic carbocycles. The van der Waals surface area contributed by atoms with Gasteiger partial charge in [0, 0.05) is 63.6 Å². The highest BCUT2D eigenvalue weighted by Gasteiger charge is 2.41. The number of nitrogens with zero attached hydrogens (tertiary/aromatic N) is 4. The Morgan fingerprint density at radius 1 is 0.958 bits per heavy atom. The van der Waals surface area contributed by atoms with E-state index in [9.17, 15) is 0 Å². The summed E-state index contributed by atoms with van der Waals surface area (Å²) < 4.78 is 5.50. The first-order chi connectivity index (χ1) is 11.8. The molecule has 3 saturated heterocycles. The third kappa shape index (κ3) is 3.04. The number of anilines is 1. The second-order valence-corrected chi connectivity index (χ2v) is 8.27. The average molecular weight is 328 g/mol. The molecule has 1 aromatic heterocycles. The van der Waals surface area contributed by atoms with Crippen LogP contribution in [-0.2, 0) is 4.74 Å². The van der Waals surface area contributed by atoms with Gasteiger partial charge < -0.3 is 14.5 Å². The van der Waals surface area contributed by atoms with Crippen molar-refractivity contribution < 1.29 is 4.74 Å². The lowest BCUT2D eigenvalue weighted by molar-refractivity contribution is 0.0547. The summed E-state index contributed by atoms with van der Waals surface area (Å²) in [7, 11) is 0. The number of fused-ring (bicyclic) bond motifs is 1. The number of ether oxygens (including phenoxy) is 1. The maximum absolute atomic E-state index is 5.50. The van der Waals surface area contributed by atoms with Crippen molar-refractivity contribution in [2.45, 2.75) is 31.6 Å². The maximum atomic E-state index is 5.50. The molecule has 4 aliphatic rings. The molecule has 0 amide bonds. The van der Waals surface area contributed by atoms with Gasteiger partial charge in [0.25, 0.3) is 0 Å². The Balaban J connectivity index is 1.18. The van der Waals surface area contributed by atoms with Gasteiger partial charge in [0.05, 0.1) is 0 Å². The van der Waals surface area contributed by atoms with Crippen LogP contribution in [0.15, 0.2) is 12.4 Å². The lowest BCUT2D eigenvalue weighted by atomic mass is 10.00. The minimum atomic E-state index is 0.712. The van der Waals surface area contributed by atoms with Gasteiger partial charge >= 0.3 is 0 Å². The normalized spacial score (nSPS) is 31.6. The standard InChI is InChI=1S/C19H28N4O/c1-2-15(1)18-7-19(21-13-20-18)23-11-16-9-22(10-17(16)12-23)8-14-3-5-24-6-4-14/h7,13-17H,1-6,8-12H2. The van der Waals surface area contributed by atoms with Crippen LogP contribution in [0.2, 0.25) is 0 Å². The molecule has 5 rings (SSSR count). The van der Waals surface area contributed by atoms with Crippen LogP contribution in [0.1, 0.15) is 37.3 Å². The zero-order chi connectivity index (χ0) is 15.9. The van der Waals surface area contributed by atoms with Gasteiger partial charge in [-0.25, -0.2) is 9.97 Å². The Morgan fingerprint density at radius 3 is 2.42 bits per heavy atom. The van der Waals surface area contributed by atoms with E-state index >= 15 is 0 Å².